The van der Waals surface area contributed by atoms with Crippen LogP contribution in [-0.2, 0) is 0 Å². The predicted molar refractivity (Wildman–Crippen MR) is 44.8 cm³/mol. The third-order valence-electron chi connectivity index (χ3n) is 2.65. The second-order valence-electron chi connectivity index (χ2n) is 3.50. The molecule has 0 spiro atoms. The van der Waals surface area contributed by atoms with E-state index < -0.39 is 0 Å². The summed E-state index contributed by atoms with van der Waals surface area (Å²) in [5, 5.41) is 0. The molecule has 0 aromatic rings. The number of hydrogen-bond donors (Lipinski definition) is 1. The van der Waals surface area contributed by atoms with Crippen LogP contribution in [0.15, 0.2) is 0 Å². The minimum Gasteiger partial charge on any atom is -0.327 e. The molecule has 1 aliphatic carbocycles. The average molecular weight is 141 g/mol. The predicted octanol–water partition coefficient (Wildman–Crippen LogP) is 2.30. The third kappa shape index (κ3) is 1.98. The molecule has 2 N–H and O–H groups in total. The zero-order valence-corrected chi connectivity index (χ0v) is 6.97. The summed E-state index contributed by atoms with van der Waals surface area (Å²) in [5.41, 5.74) is 5.97. The third-order valence-corrected chi connectivity index (χ3v) is 2.65. The quantitative estimate of drug-likeness (QED) is 0.638. The molecule has 0 heterocycles. The molecule has 0 aromatic heterocycles. The van der Waals surface area contributed by atoms with Crippen molar-refractivity contribution in [3.05, 3.63) is 0 Å². The lowest BCUT2D eigenvalue weighted by Gasteiger charge is -2.31. The molecule has 0 unspecified atom stereocenters. The molecule has 0 radical (unpaired) electrons. The second kappa shape index (κ2) is 3.97. The standard InChI is InChI=1S/C9H19N/c1-2-3-7-9(10)8-5-4-6-8/h8-9H,2-7,10H2,1H3/t9-/m0/s1. The van der Waals surface area contributed by atoms with Gasteiger partial charge in [-0.1, -0.05) is 26.2 Å². The molecule has 0 aromatic carbocycles. The van der Waals surface area contributed by atoms with Crippen molar-refractivity contribution in [2.45, 2.75) is 51.5 Å². The first-order valence-corrected chi connectivity index (χ1v) is 4.60. The van der Waals surface area contributed by atoms with Crippen LogP contribution in [0.1, 0.15) is 45.4 Å². The van der Waals surface area contributed by atoms with E-state index in [0.29, 0.717) is 6.04 Å². The highest BCUT2D eigenvalue weighted by Crippen LogP contribution is 2.30. The largest absolute Gasteiger partial charge is 0.327 e. The van der Waals surface area contributed by atoms with E-state index >= 15 is 0 Å². The van der Waals surface area contributed by atoms with Crippen LogP contribution in [0.2, 0.25) is 0 Å². The van der Waals surface area contributed by atoms with Crippen LogP contribution in [0, 0.1) is 5.92 Å². The molecule has 1 saturated carbocycles. The van der Waals surface area contributed by atoms with Gasteiger partial charge in [0.25, 0.3) is 0 Å². The maximum absolute atomic E-state index is 5.97. The first-order valence-electron chi connectivity index (χ1n) is 4.60. The van der Waals surface area contributed by atoms with E-state index in [0.717, 1.165) is 5.92 Å². The first-order chi connectivity index (χ1) is 4.84. The molecule has 0 bridgehead atoms. The van der Waals surface area contributed by atoms with Gasteiger partial charge in [0.05, 0.1) is 0 Å². The summed E-state index contributed by atoms with van der Waals surface area (Å²) in [6.45, 7) is 2.23. The summed E-state index contributed by atoms with van der Waals surface area (Å²) in [6, 6.07) is 0.522. The summed E-state index contributed by atoms with van der Waals surface area (Å²) >= 11 is 0. The molecule has 60 valence electrons. The highest BCUT2D eigenvalue weighted by Gasteiger charge is 2.23. The van der Waals surface area contributed by atoms with Crippen molar-refractivity contribution in [1.29, 1.82) is 0 Å². The Morgan fingerprint density at radius 1 is 1.50 bits per heavy atom. The van der Waals surface area contributed by atoms with Crippen LogP contribution in [0.25, 0.3) is 0 Å². The van der Waals surface area contributed by atoms with Crippen molar-refractivity contribution in [1.82, 2.24) is 0 Å². The molecular weight excluding hydrogens is 122 g/mol. The normalized spacial score (nSPS) is 22.2. The van der Waals surface area contributed by atoms with E-state index in [4.69, 9.17) is 5.73 Å². The van der Waals surface area contributed by atoms with E-state index in [-0.39, 0.29) is 0 Å². The smallest absolute Gasteiger partial charge is 0.00671 e. The molecule has 1 aliphatic rings. The van der Waals surface area contributed by atoms with Gasteiger partial charge in [0.1, 0.15) is 0 Å². The van der Waals surface area contributed by atoms with Gasteiger partial charge < -0.3 is 5.73 Å². The van der Waals surface area contributed by atoms with Crippen LogP contribution in [-0.4, -0.2) is 6.04 Å². The van der Waals surface area contributed by atoms with Crippen molar-refractivity contribution in [2.75, 3.05) is 0 Å². The highest BCUT2D eigenvalue weighted by atomic mass is 14.7. The van der Waals surface area contributed by atoms with E-state index in [1.54, 1.807) is 0 Å². The minimum absolute atomic E-state index is 0.522. The molecule has 0 saturated heterocycles. The van der Waals surface area contributed by atoms with Gasteiger partial charge in [-0.05, 0) is 25.2 Å². The summed E-state index contributed by atoms with van der Waals surface area (Å²) < 4.78 is 0. The fourth-order valence-electron chi connectivity index (χ4n) is 1.54. The van der Waals surface area contributed by atoms with E-state index in [2.05, 4.69) is 6.92 Å². The Bertz CT molecular complexity index is 86.7. The van der Waals surface area contributed by atoms with Crippen LogP contribution in [0.3, 0.4) is 0 Å². The van der Waals surface area contributed by atoms with Crippen molar-refractivity contribution in [3.63, 3.8) is 0 Å². The summed E-state index contributed by atoms with van der Waals surface area (Å²) in [5.74, 6) is 0.881. The second-order valence-corrected chi connectivity index (χ2v) is 3.50. The number of unbranched alkanes of at least 4 members (excludes halogenated alkanes) is 1. The number of nitrogens with two attached hydrogens (primary N) is 1. The molecule has 1 heteroatoms. The topological polar surface area (TPSA) is 26.0 Å². The Labute approximate surface area is 64.0 Å². The maximum atomic E-state index is 5.97. The number of hydrogen-bond acceptors (Lipinski definition) is 1. The van der Waals surface area contributed by atoms with Gasteiger partial charge in [0.2, 0.25) is 0 Å². The Morgan fingerprint density at radius 3 is 2.60 bits per heavy atom. The lowest BCUT2D eigenvalue weighted by molar-refractivity contribution is 0.250. The summed E-state index contributed by atoms with van der Waals surface area (Å²) in [6.07, 6.45) is 8.07. The van der Waals surface area contributed by atoms with Gasteiger partial charge in [-0.15, -0.1) is 0 Å². The van der Waals surface area contributed by atoms with Crippen molar-refractivity contribution >= 4 is 0 Å². The Hall–Kier alpha value is -0.0400. The zero-order chi connectivity index (χ0) is 7.40. The molecular formula is C9H19N. The lowest BCUT2D eigenvalue weighted by atomic mass is 9.78. The van der Waals surface area contributed by atoms with Crippen molar-refractivity contribution in [2.24, 2.45) is 11.7 Å². The minimum atomic E-state index is 0.522. The Kier molecular flexibility index (Phi) is 3.20. The van der Waals surface area contributed by atoms with E-state index in [9.17, 15) is 0 Å². The molecule has 1 rings (SSSR count). The van der Waals surface area contributed by atoms with Gasteiger partial charge in [-0.3, -0.25) is 0 Å². The van der Waals surface area contributed by atoms with Crippen molar-refractivity contribution < 1.29 is 0 Å². The van der Waals surface area contributed by atoms with Gasteiger partial charge in [0, 0.05) is 6.04 Å². The molecule has 10 heavy (non-hydrogen) atoms. The average Bonchev–Trinajstić information content (AvgIpc) is 1.79. The van der Waals surface area contributed by atoms with Crippen LogP contribution < -0.4 is 5.73 Å². The summed E-state index contributed by atoms with van der Waals surface area (Å²) in [7, 11) is 0. The molecule has 0 aliphatic heterocycles. The van der Waals surface area contributed by atoms with E-state index in [1.165, 1.54) is 38.5 Å². The van der Waals surface area contributed by atoms with Gasteiger partial charge in [-0.25, -0.2) is 0 Å². The monoisotopic (exact) mass is 141 g/mol. The number of rotatable bonds is 4. The zero-order valence-electron chi connectivity index (χ0n) is 6.97. The Balaban J connectivity index is 2.02. The van der Waals surface area contributed by atoms with Gasteiger partial charge in [-0.2, -0.15) is 0 Å². The molecule has 1 nitrogen and oxygen atoms in total. The van der Waals surface area contributed by atoms with Crippen molar-refractivity contribution in [3.8, 4) is 0 Å². The fraction of sp³-hybridized carbons (Fsp3) is 1.00. The SMILES string of the molecule is CCCC[C@H](N)C1CCC1. The van der Waals surface area contributed by atoms with Crippen LogP contribution >= 0.6 is 0 Å². The van der Waals surface area contributed by atoms with Gasteiger partial charge >= 0.3 is 0 Å². The van der Waals surface area contributed by atoms with Crippen LogP contribution in [0.4, 0.5) is 0 Å². The lowest BCUT2D eigenvalue weighted by Crippen LogP contribution is -2.34. The van der Waals surface area contributed by atoms with E-state index in [1.807, 2.05) is 0 Å². The molecule has 0 amide bonds. The maximum Gasteiger partial charge on any atom is 0.00671 e. The molecule has 1 fully saturated rings. The fourth-order valence-corrected chi connectivity index (χ4v) is 1.54. The van der Waals surface area contributed by atoms with Crippen LogP contribution in [0.5, 0.6) is 0 Å². The summed E-state index contributed by atoms with van der Waals surface area (Å²) in [4.78, 5) is 0. The first kappa shape index (κ1) is 8.06. The molecule has 1 atom stereocenters. The van der Waals surface area contributed by atoms with Gasteiger partial charge in [0.15, 0.2) is 0 Å². The Morgan fingerprint density at radius 2 is 2.20 bits per heavy atom. The highest BCUT2D eigenvalue weighted by molar-refractivity contribution is 4.79.